The molecule has 4 nitrogen and oxygen atoms in total. The van der Waals surface area contributed by atoms with Crippen LogP contribution in [-0.4, -0.2) is 11.5 Å². The number of non-ortho nitro benzene ring substituents is 1. The number of hydrogen-bond acceptors (Lipinski definition) is 3. The van der Waals surface area contributed by atoms with Crippen LogP contribution in [0.15, 0.2) is 18.2 Å². The van der Waals surface area contributed by atoms with E-state index in [4.69, 9.17) is 11.6 Å². The zero-order valence-electron chi connectivity index (χ0n) is 11.1. The summed E-state index contributed by atoms with van der Waals surface area (Å²) < 4.78 is 0. The summed E-state index contributed by atoms with van der Waals surface area (Å²) in [5.74, 6) is 1.40. The standard InChI is InChI=1S/C14H19ClN2O2/c1-10-4-2-3-5-11(10)9-16-14-7-6-12(17(18)19)8-13(14)15/h6-8,10-11,16H,2-5,9H2,1H3. The lowest BCUT2D eigenvalue weighted by molar-refractivity contribution is -0.384. The second-order valence-corrected chi connectivity index (χ2v) is 5.73. The third-order valence-electron chi connectivity index (χ3n) is 4.01. The van der Waals surface area contributed by atoms with Gasteiger partial charge in [-0.15, -0.1) is 0 Å². The van der Waals surface area contributed by atoms with Crippen LogP contribution in [0.1, 0.15) is 32.6 Å². The molecule has 2 unspecified atom stereocenters. The van der Waals surface area contributed by atoms with Crippen molar-refractivity contribution in [3.63, 3.8) is 0 Å². The molecule has 0 amide bonds. The Morgan fingerprint density at radius 3 is 2.79 bits per heavy atom. The lowest BCUT2D eigenvalue weighted by Gasteiger charge is -2.29. The zero-order chi connectivity index (χ0) is 13.8. The topological polar surface area (TPSA) is 55.2 Å². The first-order valence-electron chi connectivity index (χ1n) is 6.75. The third-order valence-corrected chi connectivity index (χ3v) is 4.32. The van der Waals surface area contributed by atoms with E-state index in [1.807, 2.05) is 0 Å². The molecule has 0 aromatic heterocycles. The predicted octanol–water partition coefficient (Wildman–Crippen LogP) is 4.49. The van der Waals surface area contributed by atoms with Gasteiger partial charge in [0.05, 0.1) is 15.6 Å². The van der Waals surface area contributed by atoms with Crippen LogP contribution in [0.3, 0.4) is 0 Å². The van der Waals surface area contributed by atoms with Crippen molar-refractivity contribution in [1.29, 1.82) is 0 Å². The van der Waals surface area contributed by atoms with E-state index < -0.39 is 4.92 Å². The number of nitrogens with zero attached hydrogens (tertiary/aromatic N) is 1. The summed E-state index contributed by atoms with van der Waals surface area (Å²) in [6.07, 6.45) is 5.17. The molecule has 2 rings (SSSR count). The van der Waals surface area contributed by atoms with Gasteiger partial charge in [-0.3, -0.25) is 10.1 Å². The van der Waals surface area contributed by atoms with Crippen molar-refractivity contribution >= 4 is 23.0 Å². The highest BCUT2D eigenvalue weighted by Crippen LogP contribution is 2.31. The highest BCUT2D eigenvalue weighted by Gasteiger charge is 2.21. The van der Waals surface area contributed by atoms with Crippen LogP contribution >= 0.6 is 11.6 Å². The molecule has 1 fully saturated rings. The Bertz CT molecular complexity index is 465. The quantitative estimate of drug-likeness (QED) is 0.654. The lowest BCUT2D eigenvalue weighted by Crippen LogP contribution is -2.24. The molecular formula is C14H19ClN2O2. The third kappa shape index (κ3) is 3.60. The maximum absolute atomic E-state index is 10.6. The fourth-order valence-electron chi connectivity index (χ4n) is 2.70. The normalized spacial score (nSPS) is 23.1. The van der Waals surface area contributed by atoms with Gasteiger partial charge in [0.25, 0.3) is 5.69 Å². The van der Waals surface area contributed by atoms with Crippen LogP contribution in [-0.2, 0) is 0 Å². The van der Waals surface area contributed by atoms with Crippen molar-refractivity contribution in [3.05, 3.63) is 33.3 Å². The molecule has 0 aliphatic heterocycles. The summed E-state index contributed by atoms with van der Waals surface area (Å²) in [6, 6.07) is 4.57. The monoisotopic (exact) mass is 282 g/mol. The van der Waals surface area contributed by atoms with E-state index in [0.717, 1.165) is 18.2 Å². The van der Waals surface area contributed by atoms with Crippen molar-refractivity contribution in [2.45, 2.75) is 32.6 Å². The van der Waals surface area contributed by atoms with E-state index in [1.165, 1.54) is 37.8 Å². The van der Waals surface area contributed by atoms with Gasteiger partial charge in [-0.25, -0.2) is 0 Å². The molecule has 0 saturated heterocycles. The zero-order valence-corrected chi connectivity index (χ0v) is 11.8. The number of nitro groups is 1. The lowest BCUT2D eigenvalue weighted by atomic mass is 9.80. The summed E-state index contributed by atoms with van der Waals surface area (Å²) >= 11 is 6.06. The molecule has 1 aromatic rings. The molecule has 0 spiro atoms. The number of anilines is 1. The first-order valence-corrected chi connectivity index (χ1v) is 7.13. The van der Waals surface area contributed by atoms with Gasteiger partial charge in [-0.05, 0) is 24.3 Å². The van der Waals surface area contributed by atoms with Crippen LogP contribution in [0.5, 0.6) is 0 Å². The van der Waals surface area contributed by atoms with Crippen LogP contribution < -0.4 is 5.32 Å². The van der Waals surface area contributed by atoms with Gasteiger partial charge in [0.1, 0.15) is 0 Å². The van der Waals surface area contributed by atoms with E-state index >= 15 is 0 Å². The molecule has 1 aliphatic carbocycles. The van der Waals surface area contributed by atoms with Crippen molar-refractivity contribution in [2.75, 3.05) is 11.9 Å². The Labute approximate surface area is 118 Å². The molecule has 1 aromatic carbocycles. The molecular weight excluding hydrogens is 264 g/mol. The van der Waals surface area contributed by atoms with Crippen molar-refractivity contribution in [2.24, 2.45) is 11.8 Å². The summed E-state index contributed by atoms with van der Waals surface area (Å²) in [5.41, 5.74) is 0.812. The Kier molecular flexibility index (Phi) is 4.64. The number of benzene rings is 1. The van der Waals surface area contributed by atoms with E-state index in [0.29, 0.717) is 10.9 Å². The molecule has 0 bridgehead atoms. The average molecular weight is 283 g/mol. The Morgan fingerprint density at radius 1 is 1.42 bits per heavy atom. The average Bonchev–Trinajstić information content (AvgIpc) is 2.39. The van der Waals surface area contributed by atoms with E-state index in [2.05, 4.69) is 12.2 Å². The number of nitrogens with one attached hydrogen (secondary N) is 1. The first kappa shape index (κ1) is 14.1. The van der Waals surface area contributed by atoms with E-state index in [1.54, 1.807) is 6.07 Å². The fraction of sp³-hybridized carbons (Fsp3) is 0.571. The maximum atomic E-state index is 10.6. The molecule has 1 aliphatic rings. The van der Waals surface area contributed by atoms with Gasteiger partial charge in [0, 0.05) is 18.7 Å². The molecule has 1 N–H and O–H groups in total. The van der Waals surface area contributed by atoms with Gasteiger partial charge in [0.2, 0.25) is 0 Å². The predicted molar refractivity (Wildman–Crippen MR) is 77.7 cm³/mol. The second kappa shape index (κ2) is 6.24. The highest BCUT2D eigenvalue weighted by atomic mass is 35.5. The minimum Gasteiger partial charge on any atom is -0.384 e. The minimum absolute atomic E-state index is 0.0292. The Morgan fingerprint density at radius 2 is 2.16 bits per heavy atom. The molecule has 0 radical (unpaired) electrons. The Balaban J connectivity index is 1.97. The Hall–Kier alpha value is -1.29. The van der Waals surface area contributed by atoms with Crippen LogP contribution in [0.2, 0.25) is 5.02 Å². The molecule has 19 heavy (non-hydrogen) atoms. The highest BCUT2D eigenvalue weighted by molar-refractivity contribution is 6.33. The SMILES string of the molecule is CC1CCCCC1CNc1ccc([N+](=O)[O-])cc1Cl. The molecule has 104 valence electrons. The van der Waals surface area contributed by atoms with Gasteiger partial charge in [0.15, 0.2) is 0 Å². The van der Waals surface area contributed by atoms with E-state index in [9.17, 15) is 10.1 Å². The number of nitro benzene ring substituents is 1. The number of rotatable bonds is 4. The number of hydrogen-bond donors (Lipinski definition) is 1. The summed E-state index contributed by atoms with van der Waals surface area (Å²) in [7, 11) is 0. The van der Waals surface area contributed by atoms with Crippen LogP contribution in [0, 0.1) is 22.0 Å². The summed E-state index contributed by atoms with van der Waals surface area (Å²) in [6.45, 7) is 3.18. The van der Waals surface area contributed by atoms with Crippen molar-refractivity contribution in [3.8, 4) is 0 Å². The van der Waals surface area contributed by atoms with Crippen molar-refractivity contribution < 1.29 is 4.92 Å². The largest absolute Gasteiger partial charge is 0.384 e. The molecule has 5 heteroatoms. The molecule has 0 heterocycles. The van der Waals surface area contributed by atoms with E-state index in [-0.39, 0.29) is 5.69 Å². The first-order chi connectivity index (χ1) is 9.08. The summed E-state index contributed by atoms with van der Waals surface area (Å²) in [5, 5.41) is 14.4. The summed E-state index contributed by atoms with van der Waals surface area (Å²) in [4.78, 5) is 10.2. The van der Waals surface area contributed by atoms with Crippen molar-refractivity contribution in [1.82, 2.24) is 0 Å². The smallest absolute Gasteiger partial charge is 0.271 e. The van der Waals surface area contributed by atoms with Gasteiger partial charge >= 0.3 is 0 Å². The molecule has 1 saturated carbocycles. The van der Waals surface area contributed by atoms with Crippen LogP contribution in [0.25, 0.3) is 0 Å². The fourth-order valence-corrected chi connectivity index (χ4v) is 2.94. The minimum atomic E-state index is -0.432. The van der Waals surface area contributed by atoms with Gasteiger partial charge in [-0.2, -0.15) is 0 Å². The maximum Gasteiger partial charge on any atom is 0.271 e. The molecule has 2 atom stereocenters. The van der Waals surface area contributed by atoms with Gasteiger partial charge in [-0.1, -0.05) is 37.8 Å². The number of halogens is 1. The van der Waals surface area contributed by atoms with Crippen LogP contribution in [0.4, 0.5) is 11.4 Å². The second-order valence-electron chi connectivity index (χ2n) is 5.32. The van der Waals surface area contributed by atoms with Gasteiger partial charge < -0.3 is 5.32 Å².